The summed E-state index contributed by atoms with van der Waals surface area (Å²) in [6, 6.07) is 24.8. The summed E-state index contributed by atoms with van der Waals surface area (Å²) < 4.78 is 11.6. The summed E-state index contributed by atoms with van der Waals surface area (Å²) in [5, 5.41) is 3.48. The van der Waals surface area contributed by atoms with Crippen LogP contribution >= 0.6 is 0 Å². The van der Waals surface area contributed by atoms with Crippen LogP contribution in [0.1, 0.15) is 22.3 Å². The number of methoxy groups -OCH3 is 1. The first kappa shape index (κ1) is 18.0. The van der Waals surface area contributed by atoms with E-state index in [9.17, 15) is 0 Å². The minimum atomic E-state index is 0.520. The predicted molar refractivity (Wildman–Crippen MR) is 105 cm³/mol. The van der Waals surface area contributed by atoms with Gasteiger partial charge in [-0.2, -0.15) is 0 Å². The topological polar surface area (TPSA) is 30.5 Å². The normalized spacial score (nSPS) is 10.5. The quantitative estimate of drug-likeness (QED) is 0.630. The van der Waals surface area contributed by atoms with Gasteiger partial charge >= 0.3 is 0 Å². The number of hydrogen-bond acceptors (Lipinski definition) is 3. The zero-order valence-electron chi connectivity index (χ0n) is 15.4. The van der Waals surface area contributed by atoms with Crippen molar-refractivity contribution in [1.29, 1.82) is 0 Å². The molecule has 3 heteroatoms. The molecule has 0 fully saturated rings. The van der Waals surface area contributed by atoms with E-state index in [1.54, 1.807) is 7.11 Å². The van der Waals surface area contributed by atoms with Crippen LogP contribution in [0.25, 0.3) is 0 Å². The molecule has 134 valence electrons. The Labute approximate surface area is 155 Å². The Hall–Kier alpha value is -2.78. The van der Waals surface area contributed by atoms with Crippen LogP contribution in [0.2, 0.25) is 0 Å². The molecule has 0 unspecified atom stereocenters. The molecule has 3 rings (SSSR count). The highest BCUT2D eigenvalue weighted by Gasteiger charge is 2.11. The molecule has 3 aromatic carbocycles. The number of para-hydroxylation sites is 1. The Morgan fingerprint density at radius 3 is 2.27 bits per heavy atom. The highest BCUT2D eigenvalue weighted by Crippen LogP contribution is 2.31. The van der Waals surface area contributed by atoms with E-state index in [2.05, 4.69) is 66.8 Å². The molecule has 0 aliphatic rings. The first-order valence-electron chi connectivity index (χ1n) is 8.85. The molecule has 26 heavy (non-hydrogen) atoms. The van der Waals surface area contributed by atoms with Crippen LogP contribution in [-0.4, -0.2) is 7.11 Å². The van der Waals surface area contributed by atoms with E-state index < -0.39 is 0 Å². The van der Waals surface area contributed by atoms with Crippen molar-refractivity contribution in [2.75, 3.05) is 7.11 Å². The van der Waals surface area contributed by atoms with Gasteiger partial charge in [-0.05, 0) is 24.1 Å². The van der Waals surface area contributed by atoms with Crippen molar-refractivity contribution in [3.63, 3.8) is 0 Å². The lowest BCUT2D eigenvalue weighted by molar-refractivity contribution is 0.280. The molecule has 0 saturated heterocycles. The first-order chi connectivity index (χ1) is 12.8. The molecular weight excluding hydrogens is 322 g/mol. The third kappa shape index (κ3) is 4.87. The highest BCUT2D eigenvalue weighted by molar-refractivity contribution is 5.46. The Bertz CT molecular complexity index is 813. The van der Waals surface area contributed by atoms with Gasteiger partial charge in [0.25, 0.3) is 0 Å². The zero-order chi connectivity index (χ0) is 18.2. The molecule has 0 aliphatic heterocycles. The first-order valence-corrected chi connectivity index (χ1v) is 8.85. The largest absolute Gasteiger partial charge is 0.493 e. The van der Waals surface area contributed by atoms with E-state index in [0.29, 0.717) is 6.61 Å². The molecular formula is C23H25NO2. The Morgan fingerprint density at radius 1 is 0.769 bits per heavy atom. The van der Waals surface area contributed by atoms with Gasteiger partial charge in [0.1, 0.15) is 6.61 Å². The summed E-state index contributed by atoms with van der Waals surface area (Å²) in [5.41, 5.74) is 4.74. The van der Waals surface area contributed by atoms with E-state index in [1.165, 1.54) is 11.1 Å². The van der Waals surface area contributed by atoms with Crippen LogP contribution in [-0.2, 0) is 19.7 Å². The zero-order valence-corrected chi connectivity index (χ0v) is 15.4. The maximum absolute atomic E-state index is 6.12. The van der Waals surface area contributed by atoms with Crippen molar-refractivity contribution in [2.24, 2.45) is 0 Å². The fourth-order valence-corrected chi connectivity index (χ4v) is 2.80. The fourth-order valence-electron chi connectivity index (χ4n) is 2.80. The summed E-state index contributed by atoms with van der Waals surface area (Å²) in [6.45, 7) is 4.14. The van der Waals surface area contributed by atoms with Crippen molar-refractivity contribution in [2.45, 2.75) is 26.6 Å². The van der Waals surface area contributed by atoms with Gasteiger partial charge in [0.15, 0.2) is 11.5 Å². The molecule has 0 radical (unpaired) electrons. The van der Waals surface area contributed by atoms with Gasteiger partial charge in [-0.3, -0.25) is 0 Å². The van der Waals surface area contributed by atoms with Crippen LogP contribution in [0.3, 0.4) is 0 Å². The van der Waals surface area contributed by atoms with E-state index in [-0.39, 0.29) is 0 Å². The van der Waals surface area contributed by atoms with E-state index >= 15 is 0 Å². The monoisotopic (exact) mass is 347 g/mol. The number of benzene rings is 3. The molecule has 0 amide bonds. The number of aryl methyl sites for hydroxylation is 1. The lowest BCUT2D eigenvalue weighted by Crippen LogP contribution is -2.14. The maximum Gasteiger partial charge on any atom is 0.166 e. The molecule has 1 N–H and O–H groups in total. The number of ether oxygens (including phenoxy) is 2. The number of rotatable bonds is 8. The van der Waals surface area contributed by atoms with Crippen LogP contribution in [0.15, 0.2) is 72.8 Å². The molecule has 0 spiro atoms. The van der Waals surface area contributed by atoms with Gasteiger partial charge in [0.2, 0.25) is 0 Å². The van der Waals surface area contributed by atoms with Gasteiger partial charge in [0.05, 0.1) is 7.11 Å². The van der Waals surface area contributed by atoms with Crippen molar-refractivity contribution < 1.29 is 9.47 Å². The minimum Gasteiger partial charge on any atom is -0.493 e. The molecule has 0 aliphatic carbocycles. The number of hydrogen-bond donors (Lipinski definition) is 1. The van der Waals surface area contributed by atoms with E-state index in [0.717, 1.165) is 35.7 Å². The molecule has 0 saturated carbocycles. The van der Waals surface area contributed by atoms with Crippen LogP contribution in [0.4, 0.5) is 0 Å². The third-order valence-electron chi connectivity index (χ3n) is 4.27. The molecule has 0 atom stereocenters. The van der Waals surface area contributed by atoms with Crippen molar-refractivity contribution in [3.8, 4) is 11.5 Å². The average molecular weight is 347 g/mol. The smallest absolute Gasteiger partial charge is 0.166 e. The summed E-state index contributed by atoms with van der Waals surface area (Å²) in [6.07, 6.45) is 0. The van der Waals surface area contributed by atoms with Gasteiger partial charge in [-0.1, -0.05) is 72.3 Å². The maximum atomic E-state index is 6.12. The summed E-state index contributed by atoms with van der Waals surface area (Å²) in [4.78, 5) is 0. The third-order valence-corrected chi connectivity index (χ3v) is 4.27. The lowest BCUT2D eigenvalue weighted by Gasteiger charge is -2.16. The summed E-state index contributed by atoms with van der Waals surface area (Å²) in [5.74, 6) is 1.56. The van der Waals surface area contributed by atoms with E-state index in [1.807, 2.05) is 18.2 Å². The Kier molecular flexibility index (Phi) is 6.29. The van der Waals surface area contributed by atoms with Crippen LogP contribution < -0.4 is 14.8 Å². The van der Waals surface area contributed by atoms with Gasteiger partial charge in [-0.15, -0.1) is 0 Å². The average Bonchev–Trinajstić information content (AvgIpc) is 2.69. The second-order valence-corrected chi connectivity index (χ2v) is 6.31. The van der Waals surface area contributed by atoms with Crippen LogP contribution in [0, 0.1) is 6.92 Å². The standard InChI is InChI=1S/C23H25NO2/c1-18-11-13-20(14-12-18)17-26-23-21(9-6-10-22(23)25-2)16-24-15-19-7-4-3-5-8-19/h3-14,24H,15-17H2,1-2H3. The van der Waals surface area contributed by atoms with Gasteiger partial charge < -0.3 is 14.8 Å². The Balaban J connectivity index is 1.67. The lowest BCUT2D eigenvalue weighted by atomic mass is 10.1. The van der Waals surface area contributed by atoms with Gasteiger partial charge in [-0.25, -0.2) is 0 Å². The minimum absolute atomic E-state index is 0.520. The molecule has 0 heterocycles. The van der Waals surface area contributed by atoms with Crippen molar-refractivity contribution in [3.05, 3.63) is 95.1 Å². The fraction of sp³-hybridized carbons (Fsp3) is 0.217. The predicted octanol–water partition coefficient (Wildman–Crippen LogP) is 4.87. The van der Waals surface area contributed by atoms with Crippen molar-refractivity contribution >= 4 is 0 Å². The molecule has 3 nitrogen and oxygen atoms in total. The molecule has 3 aromatic rings. The SMILES string of the molecule is COc1cccc(CNCc2ccccc2)c1OCc1ccc(C)cc1. The second-order valence-electron chi connectivity index (χ2n) is 6.31. The van der Waals surface area contributed by atoms with Gasteiger partial charge in [0, 0.05) is 18.7 Å². The second kappa shape index (κ2) is 9.07. The molecule has 0 aromatic heterocycles. The summed E-state index contributed by atoms with van der Waals surface area (Å²) in [7, 11) is 1.68. The Morgan fingerprint density at radius 2 is 1.54 bits per heavy atom. The number of nitrogens with one attached hydrogen (secondary N) is 1. The summed E-state index contributed by atoms with van der Waals surface area (Å²) >= 11 is 0. The van der Waals surface area contributed by atoms with Crippen molar-refractivity contribution in [1.82, 2.24) is 5.32 Å². The highest BCUT2D eigenvalue weighted by atomic mass is 16.5. The van der Waals surface area contributed by atoms with E-state index in [4.69, 9.17) is 9.47 Å². The van der Waals surface area contributed by atoms with Crippen LogP contribution in [0.5, 0.6) is 11.5 Å². The molecule has 0 bridgehead atoms.